The standard InChI is InChI=1S/C18H28N4O5S.HI/c1-19-18(21-11-13-4-5-15(26-2)10-16(13)27-3)20-8-6-17(23)22-14-7-9-28(24,25)12-14;/h4-5,10,14H,6-9,11-12H2,1-3H3,(H,22,23)(H2,19,20,21);1H. The van der Waals surface area contributed by atoms with Crippen LogP contribution in [-0.2, 0) is 21.2 Å². The molecule has 1 heterocycles. The summed E-state index contributed by atoms with van der Waals surface area (Å²) >= 11 is 0. The maximum Gasteiger partial charge on any atom is 0.222 e. The van der Waals surface area contributed by atoms with E-state index in [-0.39, 0.29) is 53.9 Å². The van der Waals surface area contributed by atoms with E-state index in [1.165, 1.54) is 0 Å². The number of ether oxygens (including phenoxy) is 2. The zero-order valence-electron chi connectivity index (χ0n) is 16.9. The highest BCUT2D eigenvalue weighted by molar-refractivity contribution is 14.0. The first kappa shape index (κ1) is 25.3. The number of nitrogens with one attached hydrogen (secondary N) is 3. The molecule has 164 valence electrons. The first-order valence-corrected chi connectivity index (χ1v) is 10.8. The lowest BCUT2D eigenvalue weighted by molar-refractivity contribution is -0.121. The first-order chi connectivity index (χ1) is 13.4. The monoisotopic (exact) mass is 540 g/mol. The van der Waals surface area contributed by atoms with Gasteiger partial charge in [0, 0.05) is 44.2 Å². The minimum absolute atomic E-state index is 0. The van der Waals surface area contributed by atoms with Crippen LogP contribution in [0.5, 0.6) is 11.5 Å². The summed E-state index contributed by atoms with van der Waals surface area (Å²) in [5.74, 6) is 1.95. The Balaban J connectivity index is 0.00000420. The van der Waals surface area contributed by atoms with Crippen LogP contribution in [0.3, 0.4) is 0 Å². The molecule has 0 aromatic heterocycles. The summed E-state index contributed by atoms with van der Waals surface area (Å²) in [4.78, 5) is 16.1. The van der Waals surface area contributed by atoms with Gasteiger partial charge in [0.1, 0.15) is 11.5 Å². The lowest BCUT2D eigenvalue weighted by atomic mass is 10.2. The minimum atomic E-state index is -3.00. The molecule has 1 fully saturated rings. The number of benzene rings is 1. The molecule has 1 aromatic rings. The molecule has 0 bridgehead atoms. The number of aliphatic imine (C=N–C) groups is 1. The van der Waals surface area contributed by atoms with E-state index in [0.29, 0.717) is 37.0 Å². The quantitative estimate of drug-likeness (QED) is 0.252. The van der Waals surface area contributed by atoms with Gasteiger partial charge in [-0.1, -0.05) is 0 Å². The topological polar surface area (TPSA) is 118 Å². The van der Waals surface area contributed by atoms with Crippen molar-refractivity contribution >= 4 is 45.7 Å². The number of hydrogen-bond acceptors (Lipinski definition) is 6. The third-order valence-electron chi connectivity index (χ3n) is 4.41. The fourth-order valence-electron chi connectivity index (χ4n) is 2.90. The Morgan fingerprint density at radius 1 is 1.24 bits per heavy atom. The average molecular weight is 540 g/mol. The highest BCUT2D eigenvalue weighted by Crippen LogP contribution is 2.24. The normalized spacial score (nSPS) is 17.8. The van der Waals surface area contributed by atoms with Crippen LogP contribution in [-0.4, -0.2) is 65.6 Å². The van der Waals surface area contributed by atoms with Crippen LogP contribution < -0.4 is 25.4 Å². The Morgan fingerprint density at radius 2 is 2.00 bits per heavy atom. The molecule has 11 heteroatoms. The number of nitrogens with zero attached hydrogens (tertiary/aromatic N) is 1. The largest absolute Gasteiger partial charge is 0.497 e. The number of carbonyl (C=O) groups excluding carboxylic acids is 1. The van der Waals surface area contributed by atoms with Crippen LogP contribution in [0.1, 0.15) is 18.4 Å². The molecule has 2 rings (SSSR count). The van der Waals surface area contributed by atoms with E-state index in [1.54, 1.807) is 27.3 Å². The third kappa shape index (κ3) is 8.25. The Bertz CT molecular complexity index is 816. The third-order valence-corrected chi connectivity index (χ3v) is 6.17. The summed E-state index contributed by atoms with van der Waals surface area (Å²) in [6.07, 6.45) is 0.706. The molecule has 1 atom stereocenters. The van der Waals surface area contributed by atoms with E-state index in [0.717, 1.165) is 5.56 Å². The molecule has 1 unspecified atom stereocenters. The fourth-order valence-corrected chi connectivity index (χ4v) is 4.57. The molecule has 9 nitrogen and oxygen atoms in total. The van der Waals surface area contributed by atoms with Crippen molar-refractivity contribution in [3.63, 3.8) is 0 Å². The summed E-state index contributed by atoms with van der Waals surface area (Å²) in [6, 6.07) is 5.28. The van der Waals surface area contributed by atoms with Gasteiger partial charge in [-0.3, -0.25) is 9.79 Å². The van der Waals surface area contributed by atoms with Crippen LogP contribution in [0.15, 0.2) is 23.2 Å². The predicted octanol–water partition coefficient (Wildman–Crippen LogP) is 0.680. The minimum Gasteiger partial charge on any atom is -0.497 e. The van der Waals surface area contributed by atoms with Gasteiger partial charge >= 0.3 is 0 Å². The highest BCUT2D eigenvalue weighted by Gasteiger charge is 2.28. The van der Waals surface area contributed by atoms with Crippen molar-refractivity contribution in [3.8, 4) is 11.5 Å². The number of methoxy groups -OCH3 is 2. The first-order valence-electron chi connectivity index (χ1n) is 9.02. The van der Waals surface area contributed by atoms with Crippen LogP contribution in [0.4, 0.5) is 0 Å². The van der Waals surface area contributed by atoms with Gasteiger partial charge < -0.3 is 25.4 Å². The van der Waals surface area contributed by atoms with Crippen LogP contribution in [0.2, 0.25) is 0 Å². The molecule has 1 aliphatic rings. The Labute approximate surface area is 189 Å². The summed E-state index contributed by atoms with van der Waals surface area (Å²) in [5, 5.41) is 8.99. The van der Waals surface area contributed by atoms with Gasteiger partial charge in [-0.15, -0.1) is 24.0 Å². The van der Waals surface area contributed by atoms with Crippen molar-refractivity contribution < 1.29 is 22.7 Å². The number of guanidine groups is 1. The Morgan fingerprint density at radius 3 is 2.59 bits per heavy atom. The van der Waals surface area contributed by atoms with Crippen LogP contribution in [0, 0.1) is 0 Å². The summed E-state index contributed by atoms with van der Waals surface area (Å²) < 4.78 is 33.4. The van der Waals surface area contributed by atoms with Crippen molar-refractivity contribution in [2.45, 2.75) is 25.4 Å². The van der Waals surface area contributed by atoms with Crippen molar-refractivity contribution in [3.05, 3.63) is 23.8 Å². The molecule has 0 aliphatic carbocycles. The number of halogens is 1. The van der Waals surface area contributed by atoms with E-state index in [9.17, 15) is 13.2 Å². The number of carbonyl (C=O) groups is 1. The van der Waals surface area contributed by atoms with Gasteiger partial charge in [0.25, 0.3) is 0 Å². The van der Waals surface area contributed by atoms with Crippen LogP contribution in [0.25, 0.3) is 0 Å². The van der Waals surface area contributed by atoms with Gasteiger partial charge in [-0.25, -0.2) is 8.42 Å². The molecule has 29 heavy (non-hydrogen) atoms. The highest BCUT2D eigenvalue weighted by atomic mass is 127. The maximum absolute atomic E-state index is 12.0. The summed E-state index contributed by atoms with van der Waals surface area (Å²) in [6.45, 7) is 0.865. The molecular formula is C18H29IN4O5S. The zero-order chi connectivity index (χ0) is 20.6. The predicted molar refractivity (Wildman–Crippen MR) is 123 cm³/mol. The fraction of sp³-hybridized carbons (Fsp3) is 0.556. The average Bonchev–Trinajstić information content (AvgIpc) is 3.02. The summed E-state index contributed by atoms with van der Waals surface area (Å²) in [5.41, 5.74) is 0.937. The van der Waals surface area contributed by atoms with Crippen molar-refractivity contribution in [1.82, 2.24) is 16.0 Å². The second kappa shape index (κ2) is 12.1. The SMILES string of the molecule is CN=C(NCCC(=O)NC1CCS(=O)(=O)C1)NCc1ccc(OC)cc1OC.I. The molecule has 0 radical (unpaired) electrons. The molecule has 0 spiro atoms. The molecule has 1 saturated heterocycles. The van der Waals surface area contributed by atoms with Gasteiger partial charge in [0.15, 0.2) is 15.8 Å². The van der Waals surface area contributed by atoms with Crippen molar-refractivity contribution in [1.29, 1.82) is 0 Å². The molecule has 1 aliphatic heterocycles. The smallest absolute Gasteiger partial charge is 0.222 e. The van der Waals surface area contributed by atoms with E-state index in [1.807, 2.05) is 12.1 Å². The second-order valence-corrected chi connectivity index (χ2v) is 8.68. The van der Waals surface area contributed by atoms with Crippen molar-refractivity contribution in [2.24, 2.45) is 4.99 Å². The number of sulfone groups is 1. The van der Waals surface area contributed by atoms with Gasteiger partial charge in [0.2, 0.25) is 5.91 Å². The molecule has 3 N–H and O–H groups in total. The van der Waals surface area contributed by atoms with Gasteiger partial charge in [-0.2, -0.15) is 0 Å². The summed E-state index contributed by atoms with van der Waals surface area (Å²) in [7, 11) is 1.84. The van der Waals surface area contributed by atoms with Crippen LogP contribution >= 0.6 is 24.0 Å². The lowest BCUT2D eigenvalue weighted by Crippen LogP contribution is -2.41. The zero-order valence-corrected chi connectivity index (χ0v) is 20.0. The number of rotatable bonds is 8. The molecule has 1 aromatic carbocycles. The Hall–Kier alpha value is -1.76. The van der Waals surface area contributed by atoms with E-state index in [4.69, 9.17) is 9.47 Å². The van der Waals surface area contributed by atoms with Gasteiger partial charge in [0.05, 0.1) is 25.7 Å². The molecule has 0 saturated carbocycles. The van der Waals surface area contributed by atoms with Crippen molar-refractivity contribution in [2.75, 3.05) is 39.3 Å². The van der Waals surface area contributed by atoms with Gasteiger partial charge in [-0.05, 0) is 18.6 Å². The van der Waals surface area contributed by atoms with E-state index in [2.05, 4.69) is 20.9 Å². The second-order valence-electron chi connectivity index (χ2n) is 6.45. The van der Waals surface area contributed by atoms with E-state index < -0.39 is 9.84 Å². The lowest BCUT2D eigenvalue weighted by Gasteiger charge is -2.15. The number of amides is 1. The number of hydrogen-bond donors (Lipinski definition) is 3. The Kier molecular flexibility index (Phi) is 10.5. The van der Waals surface area contributed by atoms with E-state index >= 15 is 0 Å². The molecule has 1 amide bonds. The molecular weight excluding hydrogens is 511 g/mol. The maximum atomic E-state index is 12.0.